The van der Waals surface area contributed by atoms with Crippen LogP contribution in [-0.2, 0) is 8.85 Å². The fourth-order valence-electron chi connectivity index (χ4n) is 5.22. The highest BCUT2D eigenvalue weighted by molar-refractivity contribution is 6.74. The van der Waals surface area contributed by atoms with Gasteiger partial charge in [0.1, 0.15) is 0 Å². The average Bonchev–Trinajstić information content (AvgIpc) is 2.47. The van der Waals surface area contributed by atoms with Crippen LogP contribution in [-0.4, -0.2) is 22.8 Å². The van der Waals surface area contributed by atoms with Gasteiger partial charge in [-0.05, 0) is 37.5 Å². The molecule has 0 aliphatic rings. The van der Waals surface area contributed by atoms with Gasteiger partial charge in [-0.25, -0.2) is 0 Å². The molecule has 0 atom stereocenters. The molecule has 0 N–H and O–H groups in total. The Morgan fingerprint density at radius 1 is 0.667 bits per heavy atom. The molecule has 0 aromatic heterocycles. The van der Waals surface area contributed by atoms with Gasteiger partial charge in [-0.15, -0.1) is 0 Å². The number of hydrogen-bond donors (Lipinski definition) is 0. The fraction of sp³-hybridized carbons (Fsp3) is 1.00. The summed E-state index contributed by atoms with van der Waals surface area (Å²) in [5, 5.41) is 0.319. The molecule has 0 bridgehead atoms. The Bertz CT molecular complexity index is 262. The first-order valence-corrected chi connectivity index (χ1v) is 10.7. The summed E-state index contributed by atoms with van der Waals surface area (Å²) in [6, 6.07) is 0. The van der Waals surface area contributed by atoms with Gasteiger partial charge in [0.2, 0.25) is 0 Å². The maximum absolute atomic E-state index is 6.42. The summed E-state index contributed by atoms with van der Waals surface area (Å²) < 4.78 is 12.8. The zero-order valence-electron chi connectivity index (χ0n) is 16.3. The van der Waals surface area contributed by atoms with E-state index in [0.29, 0.717) is 11.8 Å². The van der Waals surface area contributed by atoms with Gasteiger partial charge >= 0.3 is 8.56 Å². The lowest BCUT2D eigenvalue weighted by molar-refractivity contribution is 0.116. The van der Waals surface area contributed by atoms with E-state index >= 15 is 0 Å². The molecule has 2 nitrogen and oxygen atoms in total. The van der Waals surface area contributed by atoms with E-state index in [2.05, 4.69) is 55.4 Å². The summed E-state index contributed by atoms with van der Waals surface area (Å²) in [6.45, 7) is 18.7. The Morgan fingerprint density at radius 3 is 1.00 bits per heavy atom. The van der Waals surface area contributed by atoms with Crippen LogP contribution in [0.15, 0.2) is 0 Å². The molecule has 128 valence electrons. The first-order valence-electron chi connectivity index (χ1n) is 8.85. The van der Waals surface area contributed by atoms with Crippen LogP contribution in [0.2, 0.25) is 10.1 Å². The van der Waals surface area contributed by atoms with E-state index in [9.17, 15) is 0 Å². The largest absolute Gasteiger partial charge is 0.397 e. The lowest BCUT2D eigenvalue weighted by Gasteiger charge is -2.58. The van der Waals surface area contributed by atoms with E-state index in [0.717, 1.165) is 25.7 Å². The van der Waals surface area contributed by atoms with E-state index in [1.807, 2.05) is 14.2 Å². The molecule has 0 fully saturated rings. The minimum Gasteiger partial charge on any atom is -0.397 e. The SMILES string of the molecule is CCC(CC)(C(C)C)[Si](OC)(OC)C(CC)(CC)C(C)C. The van der Waals surface area contributed by atoms with Gasteiger partial charge in [0.05, 0.1) is 0 Å². The van der Waals surface area contributed by atoms with Crippen molar-refractivity contribution < 1.29 is 8.85 Å². The Balaban J connectivity index is 6.49. The standard InChI is InChI=1S/C18H40O2Si/c1-11-17(12-2,15(5)6)21(19-9,20-10)18(13-3,14-4)16(7)8/h15-16H,11-14H2,1-10H3. The summed E-state index contributed by atoms with van der Waals surface area (Å²) >= 11 is 0. The fourth-order valence-corrected chi connectivity index (χ4v) is 11.4. The van der Waals surface area contributed by atoms with Crippen LogP contribution < -0.4 is 0 Å². The van der Waals surface area contributed by atoms with Crippen molar-refractivity contribution in [2.75, 3.05) is 14.2 Å². The Labute approximate surface area is 135 Å². The van der Waals surface area contributed by atoms with Gasteiger partial charge in [0, 0.05) is 24.3 Å². The van der Waals surface area contributed by atoms with Crippen molar-refractivity contribution in [3.8, 4) is 0 Å². The van der Waals surface area contributed by atoms with Crippen LogP contribution in [0.1, 0.15) is 81.1 Å². The number of rotatable bonds is 10. The van der Waals surface area contributed by atoms with Crippen molar-refractivity contribution in [2.24, 2.45) is 11.8 Å². The Hall–Kier alpha value is 0.137. The quantitative estimate of drug-likeness (QED) is 0.450. The van der Waals surface area contributed by atoms with Crippen LogP contribution in [0.3, 0.4) is 0 Å². The van der Waals surface area contributed by atoms with Gasteiger partial charge < -0.3 is 8.85 Å². The van der Waals surface area contributed by atoms with Crippen molar-refractivity contribution in [2.45, 2.75) is 91.1 Å². The molecule has 0 unspecified atom stereocenters. The molecule has 0 rings (SSSR count). The van der Waals surface area contributed by atoms with Crippen LogP contribution in [0.5, 0.6) is 0 Å². The van der Waals surface area contributed by atoms with Crippen LogP contribution in [0.4, 0.5) is 0 Å². The normalized spacial score (nSPS) is 14.3. The lowest BCUT2D eigenvalue weighted by atomic mass is 9.87. The first-order chi connectivity index (χ1) is 9.75. The zero-order chi connectivity index (χ0) is 16.9. The van der Waals surface area contributed by atoms with Crippen LogP contribution in [0, 0.1) is 11.8 Å². The summed E-state index contributed by atoms with van der Waals surface area (Å²) in [6.07, 6.45) is 4.51. The van der Waals surface area contributed by atoms with E-state index in [1.165, 1.54) is 0 Å². The van der Waals surface area contributed by atoms with Gasteiger partial charge in [-0.3, -0.25) is 0 Å². The molecular formula is C18H40O2Si. The first kappa shape index (κ1) is 21.1. The minimum atomic E-state index is -2.43. The molecule has 0 saturated carbocycles. The van der Waals surface area contributed by atoms with E-state index in [4.69, 9.17) is 8.85 Å². The smallest absolute Gasteiger partial charge is 0.350 e. The second-order valence-electron chi connectivity index (χ2n) is 7.06. The summed E-state index contributed by atoms with van der Waals surface area (Å²) in [4.78, 5) is 0. The van der Waals surface area contributed by atoms with Gasteiger partial charge in [0.15, 0.2) is 0 Å². The summed E-state index contributed by atoms with van der Waals surface area (Å²) in [5.41, 5.74) is 0. The van der Waals surface area contributed by atoms with Gasteiger partial charge in [-0.1, -0.05) is 55.4 Å². The van der Waals surface area contributed by atoms with E-state index in [-0.39, 0.29) is 10.1 Å². The van der Waals surface area contributed by atoms with Gasteiger partial charge in [0.25, 0.3) is 0 Å². The predicted octanol–water partition coefficient (Wildman–Crippen LogP) is 6.15. The third-order valence-corrected chi connectivity index (χ3v) is 13.0. The van der Waals surface area contributed by atoms with Crippen molar-refractivity contribution in [3.63, 3.8) is 0 Å². The second-order valence-corrected chi connectivity index (χ2v) is 11.1. The van der Waals surface area contributed by atoms with E-state index < -0.39 is 8.56 Å². The zero-order valence-corrected chi connectivity index (χ0v) is 17.3. The Morgan fingerprint density at radius 2 is 0.905 bits per heavy atom. The molecule has 0 spiro atoms. The molecular weight excluding hydrogens is 276 g/mol. The molecule has 0 radical (unpaired) electrons. The second kappa shape index (κ2) is 8.12. The summed E-state index contributed by atoms with van der Waals surface area (Å²) in [7, 11) is 1.38. The molecule has 0 aromatic rings. The molecule has 3 heteroatoms. The van der Waals surface area contributed by atoms with Crippen molar-refractivity contribution in [1.29, 1.82) is 0 Å². The maximum atomic E-state index is 6.42. The third-order valence-electron chi connectivity index (χ3n) is 6.62. The van der Waals surface area contributed by atoms with Crippen molar-refractivity contribution >= 4 is 8.56 Å². The predicted molar refractivity (Wildman–Crippen MR) is 96.0 cm³/mol. The highest BCUT2D eigenvalue weighted by Gasteiger charge is 2.67. The molecule has 0 heterocycles. The highest BCUT2D eigenvalue weighted by atomic mass is 28.4. The number of hydrogen-bond acceptors (Lipinski definition) is 2. The monoisotopic (exact) mass is 316 g/mol. The minimum absolute atomic E-state index is 0.160. The molecule has 0 saturated heterocycles. The highest BCUT2D eigenvalue weighted by Crippen LogP contribution is 2.65. The molecule has 21 heavy (non-hydrogen) atoms. The topological polar surface area (TPSA) is 18.5 Å². The third kappa shape index (κ3) is 2.86. The molecule has 0 amide bonds. The van der Waals surface area contributed by atoms with E-state index in [1.54, 1.807) is 0 Å². The van der Waals surface area contributed by atoms with Crippen molar-refractivity contribution in [1.82, 2.24) is 0 Å². The maximum Gasteiger partial charge on any atom is 0.350 e. The van der Waals surface area contributed by atoms with Crippen LogP contribution >= 0.6 is 0 Å². The van der Waals surface area contributed by atoms with Crippen LogP contribution in [0.25, 0.3) is 0 Å². The molecule has 0 aliphatic heterocycles. The van der Waals surface area contributed by atoms with Crippen molar-refractivity contribution in [3.05, 3.63) is 0 Å². The Kier molecular flexibility index (Phi) is 8.17. The lowest BCUT2D eigenvalue weighted by Crippen LogP contribution is -2.64. The molecule has 0 aliphatic carbocycles. The summed E-state index contributed by atoms with van der Waals surface area (Å²) in [5.74, 6) is 1.13. The molecule has 0 aromatic carbocycles. The average molecular weight is 317 g/mol. The van der Waals surface area contributed by atoms with Gasteiger partial charge in [-0.2, -0.15) is 0 Å².